The molecule has 0 N–H and O–H groups in total. The Balaban J connectivity index is 1.11. The van der Waals surface area contributed by atoms with E-state index in [0.29, 0.717) is 17.5 Å². The highest BCUT2D eigenvalue weighted by atomic mass is 15.0. The van der Waals surface area contributed by atoms with Crippen LogP contribution < -0.4 is 0 Å². The Kier molecular flexibility index (Phi) is 5.92. The molecule has 0 bridgehead atoms. The summed E-state index contributed by atoms with van der Waals surface area (Å²) in [5.41, 5.74) is 11.4. The number of para-hydroxylation sites is 1. The predicted molar refractivity (Wildman–Crippen MR) is 210 cm³/mol. The summed E-state index contributed by atoms with van der Waals surface area (Å²) in [6, 6.07) is 60.3. The molecular weight excluding hydrogens is 621 g/mol. The summed E-state index contributed by atoms with van der Waals surface area (Å²) < 4.78 is 2.42. The lowest BCUT2D eigenvalue weighted by Gasteiger charge is -2.12. The van der Waals surface area contributed by atoms with Gasteiger partial charge in [-0.15, -0.1) is 0 Å². The van der Waals surface area contributed by atoms with Gasteiger partial charge in [0.1, 0.15) is 0 Å². The molecule has 0 fully saturated rings. The molecule has 0 saturated heterocycles. The molecule has 0 saturated carbocycles. The molecular formula is C47H28N4. The predicted octanol–water partition coefficient (Wildman–Crippen LogP) is 11.9. The fraction of sp³-hybridized carbons (Fsp3) is 0. The summed E-state index contributed by atoms with van der Waals surface area (Å²) in [6.45, 7) is 0. The topological polar surface area (TPSA) is 43.6 Å². The quantitative estimate of drug-likeness (QED) is 0.191. The Hall–Kier alpha value is -6.91. The third-order valence-electron chi connectivity index (χ3n) is 10.4. The molecule has 0 amide bonds. The number of nitrogens with zero attached hydrogens (tertiary/aromatic N) is 4. The highest BCUT2D eigenvalue weighted by Crippen LogP contribution is 2.50. The van der Waals surface area contributed by atoms with E-state index in [1.165, 1.54) is 60.2 Å². The number of rotatable bonds is 4. The number of hydrogen-bond acceptors (Lipinski definition) is 3. The van der Waals surface area contributed by atoms with Gasteiger partial charge in [-0.25, -0.2) is 15.0 Å². The molecule has 1 aliphatic carbocycles. The SMILES string of the molecule is c1ccc(-c2nc(-c3ccccc3)nc(-c3ccc4c5c(cccc35)-c3ccc(-n5c6ccccc6c6cc7ccccc7cc65)cc3-4)n2)cc1. The van der Waals surface area contributed by atoms with Crippen LogP contribution in [0.4, 0.5) is 0 Å². The molecule has 0 aliphatic heterocycles. The second kappa shape index (κ2) is 10.8. The lowest BCUT2D eigenvalue weighted by molar-refractivity contribution is 1.08. The first-order valence-electron chi connectivity index (χ1n) is 17.3. The maximum absolute atomic E-state index is 5.08. The van der Waals surface area contributed by atoms with E-state index in [2.05, 4.69) is 138 Å². The van der Waals surface area contributed by atoms with Crippen LogP contribution in [0.1, 0.15) is 0 Å². The van der Waals surface area contributed by atoms with E-state index in [1.54, 1.807) is 0 Å². The summed E-state index contributed by atoms with van der Waals surface area (Å²) in [5, 5.41) is 7.39. The van der Waals surface area contributed by atoms with Gasteiger partial charge < -0.3 is 4.57 Å². The van der Waals surface area contributed by atoms with Crippen molar-refractivity contribution in [2.24, 2.45) is 0 Å². The Labute approximate surface area is 294 Å². The van der Waals surface area contributed by atoms with E-state index >= 15 is 0 Å². The first-order valence-corrected chi connectivity index (χ1v) is 17.3. The van der Waals surface area contributed by atoms with Crippen molar-refractivity contribution in [1.29, 1.82) is 0 Å². The number of fused-ring (bicyclic) bond motifs is 7. The van der Waals surface area contributed by atoms with Gasteiger partial charge >= 0.3 is 0 Å². The molecule has 2 heterocycles. The molecule has 2 aromatic heterocycles. The van der Waals surface area contributed by atoms with Crippen LogP contribution in [-0.2, 0) is 0 Å². The second-order valence-corrected chi connectivity index (χ2v) is 13.2. The van der Waals surface area contributed by atoms with E-state index in [9.17, 15) is 0 Å². The van der Waals surface area contributed by atoms with Crippen molar-refractivity contribution in [2.45, 2.75) is 0 Å². The molecule has 236 valence electrons. The van der Waals surface area contributed by atoms with Crippen LogP contribution in [-0.4, -0.2) is 19.5 Å². The molecule has 4 nitrogen and oxygen atoms in total. The zero-order chi connectivity index (χ0) is 33.5. The third-order valence-corrected chi connectivity index (χ3v) is 10.4. The normalized spacial score (nSPS) is 11.9. The van der Waals surface area contributed by atoms with Crippen LogP contribution in [0.25, 0.3) is 105 Å². The Morgan fingerprint density at radius 1 is 0.333 bits per heavy atom. The minimum absolute atomic E-state index is 0.662. The largest absolute Gasteiger partial charge is 0.309 e. The van der Waals surface area contributed by atoms with Crippen LogP contribution in [0.5, 0.6) is 0 Å². The Morgan fingerprint density at radius 3 is 1.69 bits per heavy atom. The van der Waals surface area contributed by atoms with Crippen molar-refractivity contribution in [1.82, 2.24) is 19.5 Å². The van der Waals surface area contributed by atoms with Crippen molar-refractivity contribution >= 4 is 43.4 Å². The van der Waals surface area contributed by atoms with Crippen LogP contribution in [0, 0.1) is 0 Å². The van der Waals surface area contributed by atoms with Crippen molar-refractivity contribution in [3.63, 3.8) is 0 Å². The van der Waals surface area contributed by atoms with Gasteiger partial charge in [0.2, 0.25) is 0 Å². The number of benzene rings is 8. The maximum atomic E-state index is 5.08. The van der Waals surface area contributed by atoms with Crippen molar-refractivity contribution in [3.05, 3.63) is 170 Å². The molecule has 51 heavy (non-hydrogen) atoms. The monoisotopic (exact) mass is 648 g/mol. The van der Waals surface area contributed by atoms with Crippen molar-refractivity contribution < 1.29 is 0 Å². The zero-order valence-electron chi connectivity index (χ0n) is 27.5. The summed E-state index contributed by atoms with van der Waals surface area (Å²) in [4.78, 5) is 15.1. The van der Waals surface area contributed by atoms with Gasteiger partial charge in [-0.2, -0.15) is 0 Å². The molecule has 10 aromatic rings. The molecule has 4 heteroatoms. The number of hydrogen-bond donors (Lipinski definition) is 0. The summed E-state index contributed by atoms with van der Waals surface area (Å²) in [5.74, 6) is 1.99. The molecule has 0 unspecified atom stereocenters. The average Bonchev–Trinajstić information content (AvgIpc) is 3.70. The standard InChI is InChI=1S/C47H28N4/c1-3-12-29(13-4-1)45-48-46(30-14-5-2-6-15-30)50-47(49-45)39-25-24-38-40-28-33(22-23-34(40)36-19-11-20-37(39)44(36)38)51-42-21-10-9-18-35(42)41-26-31-16-7-8-17-32(31)27-43(41)51/h1-28H. The van der Waals surface area contributed by atoms with Gasteiger partial charge in [0.05, 0.1) is 11.0 Å². The molecule has 0 radical (unpaired) electrons. The highest BCUT2D eigenvalue weighted by Gasteiger charge is 2.25. The van der Waals surface area contributed by atoms with Crippen LogP contribution in [0.15, 0.2) is 170 Å². The van der Waals surface area contributed by atoms with E-state index in [4.69, 9.17) is 15.0 Å². The fourth-order valence-corrected chi connectivity index (χ4v) is 8.04. The lowest BCUT2D eigenvalue weighted by Crippen LogP contribution is -2.00. The molecule has 0 atom stereocenters. The van der Waals surface area contributed by atoms with E-state index in [0.717, 1.165) is 27.8 Å². The molecule has 11 rings (SSSR count). The summed E-state index contributed by atoms with van der Waals surface area (Å²) >= 11 is 0. The molecule has 0 spiro atoms. The molecule has 8 aromatic carbocycles. The smallest absolute Gasteiger partial charge is 0.164 e. The van der Waals surface area contributed by atoms with E-state index in [-0.39, 0.29) is 0 Å². The van der Waals surface area contributed by atoms with Crippen LogP contribution in [0.2, 0.25) is 0 Å². The van der Waals surface area contributed by atoms with Gasteiger partial charge in [0.15, 0.2) is 17.5 Å². The third kappa shape index (κ3) is 4.23. The lowest BCUT2D eigenvalue weighted by atomic mass is 9.98. The second-order valence-electron chi connectivity index (χ2n) is 13.2. The van der Waals surface area contributed by atoms with Gasteiger partial charge in [-0.05, 0) is 80.2 Å². The van der Waals surface area contributed by atoms with Gasteiger partial charge in [-0.1, -0.05) is 133 Å². The van der Waals surface area contributed by atoms with Gasteiger partial charge in [0.25, 0.3) is 0 Å². The maximum Gasteiger partial charge on any atom is 0.164 e. The first-order chi connectivity index (χ1) is 25.3. The fourth-order valence-electron chi connectivity index (χ4n) is 8.04. The highest BCUT2D eigenvalue weighted by molar-refractivity contribution is 6.19. The van der Waals surface area contributed by atoms with E-state index in [1.807, 2.05) is 36.4 Å². The Bertz CT molecular complexity index is 2960. The van der Waals surface area contributed by atoms with E-state index < -0.39 is 0 Å². The summed E-state index contributed by atoms with van der Waals surface area (Å²) in [6.07, 6.45) is 0. The number of aromatic nitrogens is 4. The molecule has 1 aliphatic rings. The minimum atomic E-state index is 0.662. The Morgan fingerprint density at radius 2 is 0.922 bits per heavy atom. The van der Waals surface area contributed by atoms with Crippen molar-refractivity contribution in [2.75, 3.05) is 0 Å². The zero-order valence-corrected chi connectivity index (χ0v) is 27.5. The van der Waals surface area contributed by atoms with Gasteiger partial charge in [0, 0.05) is 33.2 Å². The van der Waals surface area contributed by atoms with Gasteiger partial charge in [-0.3, -0.25) is 0 Å². The van der Waals surface area contributed by atoms with Crippen LogP contribution >= 0.6 is 0 Å². The summed E-state index contributed by atoms with van der Waals surface area (Å²) in [7, 11) is 0. The van der Waals surface area contributed by atoms with Crippen molar-refractivity contribution in [3.8, 4) is 62.1 Å². The minimum Gasteiger partial charge on any atom is -0.309 e. The first kappa shape index (κ1) is 28.0. The van der Waals surface area contributed by atoms with Crippen LogP contribution in [0.3, 0.4) is 0 Å². The average molecular weight is 649 g/mol.